The van der Waals surface area contributed by atoms with Crippen LogP contribution in [0.25, 0.3) is 11.0 Å². The first-order chi connectivity index (χ1) is 9.74. The molecule has 0 amide bonds. The quantitative estimate of drug-likeness (QED) is 0.787. The summed E-state index contributed by atoms with van der Waals surface area (Å²) >= 11 is 0. The summed E-state index contributed by atoms with van der Waals surface area (Å²) in [7, 11) is 1.96. The van der Waals surface area contributed by atoms with Crippen LogP contribution in [0, 0.1) is 5.82 Å². The average Bonchev–Trinajstić information content (AvgIpc) is 2.76. The van der Waals surface area contributed by atoms with E-state index in [0.717, 1.165) is 30.0 Å². The van der Waals surface area contributed by atoms with E-state index < -0.39 is 0 Å². The number of nitrogens with zero attached hydrogens (tertiary/aromatic N) is 2. The van der Waals surface area contributed by atoms with Gasteiger partial charge in [0.15, 0.2) is 0 Å². The molecule has 0 saturated heterocycles. The van der Waals surface area contributed by atoms with Crippen LogP contribution < -0.4 is 5.32 Å². The van der Waals surface area contributed by atoms with Crippen molar-refractivity contribution < 1.29 is 4.39 Å². The summed E-state index contributed by atoms with van der Waals surface area (Å²) in [5.41, 5.74) is 2.76. The second-order valence-electron chi connectivity index (χ2n) is 4.76. The predicted octanol–water partition coefficient (Wildman–Crippen LogP) is 3.37. The molecule has 1 N–H and O–H groups in total. The lowest BCUT2D eigenvalue weighted by atomic mass is 10.3. The van der Waals surface area contributed by atoms with Crippen LogP contribution in [0.5, 0.6) is 0 Å². The lowest BCUT2D eigenvalue weighted by molar-refractivity contribution is 0.629. The molecule has 0 aliphatic carbocycles. The second kappa shape index (κ2) is 5.33. The molecule has 1 aromatic heterocycles. The predicted molar refractivity (Wildman–Crippen MR) is 79.3 cm³/mol. The lowest BCUT2D eigenvalue weighted by Crippen LogP contribution is -2.08. The highest BCUT2D eigenvalue weighted by molar-refractivity contribution is 5.75. The molecule has 20 heavy (non-hydrogen) atoms. The van der Waals surface area contributed by atoms with Crippen molar-refractivity contribution >= 4 is 16.7 Å². The van der Waals surface area contributed by atoms with E-state index in [-0.39, 0.29) is 5.82 Å². The van der Waals surface area contributed by atoms with Crippen molar-refractivity contribution in [1.29, 1.82) is 0 Å². The number of aromatic nitrogens is 2. The van der Waals surface area contributed by atoms with E-state index in [1.54, 1.807) is 6.07 Å². The van der Waals surface area contributed by atoms with Crippen LogP contribution in [-0.2, 0) is 13.5 Å². The third-order valence-corrected chi connectivity index (χ3v) is 3.39. The Morgan fingerprint density at radius 3 is 2.75 bits per heavy atom. The number of halogens is 1. The maximum absolute atomic E-state index is 13.2. The Kier molecular flexibility index (Phi) is 3.37. The molecule has 0 aliphatic rings. The molecule has 0 aliphatic heterocycles. The fourth-order valence-electron chi connectivity index (χ4n) is 2.32. The van der Waals surface area contributed by atoms with E-state index >= 15 is 0 Å². The van der Waals surface area contributed by atoms with Crippen LogP contribution >= 0.6 is 0 Å². The number of rotatable bonds is 4. The number of anilines is 1. The molecule has 4 heteroatoms. The smallest absolute Gasteiger partial charge is 0.125 e. The SMILES string of the molecule is Cn1c(CCNc2ccccc2)nc2cc(F)ccc21. The van der Waals surface area contributed by atoms with Crippen LogP contribution in [0.15, 0.2) is 48.5 Å². The van der Waals surface area contributed by atoms with Crippen LogP contribution in [0.3, 0.4) is 0 Å². The van der Waals surface area contributed by atoms with Gasteiger partial charge in [0.1, 0.15) is 11.6 Å². The number of nitrogens with one attached hydrogen (secondary N) is 1. The number of imidazole rings is 1. The molecule has 3 aromatic rings. The minimum absolute atomic E-state index is 0.246. The molecule has 102 valence electrons. The number of fused-ring (bicyclic) bond motifs is 1. The van der Waals surface area contributed by atoms with E-state index in [2.05, 4.69) is 10.3 Å². The number of aryl methyl sites for hydroxylation is 1. The fourth-order valence-corrected chi connectivity index (χ4v) is 2.32. The summed E-state index contributed by atoms with van der Waals surface area (Å²) in [5, 5.41) is 3.35. The standard InChI is InChI=1S/C16H16FN3/c1-20-15-8-7-12(17)11-14(15)19-16(20)9-10-18-13-5-3-2-4-6-13/h2-8,11,18H,9-10H2,1H3. The fraction of sp³-hybridized carbons (Fsp3) is 0.188. The van der Waals surface area contributed by atoms with Gasteiger partial charge in [0.25, 0.3) is 0 Å². The highest BCUT2D eigenvalue weighted by atomic mass is 19.1. The van der Waals surface area contributed by atoms with Crippen molar-refractivity contribution in [3.63, 3.8) is 0 Å². The van der Waals surface area contributed by atoms with Crippen molar-refractivity contribution in [2.24, 2.45) is 7.05 Å². The molecule has 3 rings (SSSR count). The molecule has 0 atom stereocenters. The maximum atomic E-state index is 13.2. The van der Waals surface area contributed by atoms with Gasteiger partial charge in [-0.2, -0.15) is 0 Å². The first-order valence-electron chi connectivity index (χ1n) is 6.64. The molecule has 0 spiro atoms. The first-order valence-corrected chi connectivity index (χ1v) is 6.64. The second-order valence-corrected chi connectivity index (χ2v) is 4.76. The molecule has 1 heterocycles. The Morgan fingerprint density at radius 2 is 1.95 bits per heavy atom. The van der Waals surface area contributed by atoms with Crippen molar-refractivity contribution in [3.8, 4) is 0 Å². The van der Waals surface area contributed by atoms with Gasteiger partial charge in [-0.25, -0.2) is 9.37 Å². The van der Waals surface area contributed by atoms with Gasteiger partial charge in [0.05, 0.1) is 11.0 Å². The highest BCUT2D eigenvalue weighted by Crippen LogP contribution is 2.16. The molecule has 2 aromatic carbocycles. The van der Waals surface area contributed by atoms with E-state index in [9.17, 15) is 4.39 Å². The normalized spacial score (nSPS) is 10.9. The van der Waals surface area contributed by atoms with Gasteiger partial charge in [0, 0.05) is 31.8 Å². The van der Waals surface area contributed by atoms with Crippen molar-refractivity contribution in [1.82, 2.24) is 9.55 Å². The molecule has 0 fully saturated rings. The summed E-state index contributed by atoms with van der Waals surface area (Å²) < 4.78 is 15.2. The number of para-hydroxylation sites is 1. The maximum Gasteiger partial charge on any atom is 0.125 e. The Balaban J connectivity index is 1.73. The topological polar surface area (TPSA) is 29.9 Å². The van der Waals surface area contributed by atoms with Crippen LogP contribution in [0.1, 0.15) is 5.82 Å². The first kappa shape index (κ1) is 12.7. The van der Waals surface area contributed by atoms with Gasteiger partial charge >= 0.3 is 0 Å². The van der Waals surface area contributed by atoms with Crippen molar-refractivity contribution in [3.05, 3.63) is 60.2 Å². The molecule has 0 unspecified atom stereocenters. The minimum Gasteiger partial charge on any atom is -0.385 e. The highest BCUT2D eigenvalue weighted by Gasteiger charge is 2.07. The largest absolute Gasteiger partial charge is 0.385 e. The van der Waals surface area contributed by atoms with Gasteiger partial charge < -0.3 is 9.88 Å². The Bertz CT molecular complexity index is 719. The Labute approximate surface area is 117 Å². The molecular formula is C16H16FN3. The summed E-state index contributed by atoms with van der Waals surface area (Å²) in [5.74, 6) is 0.707. The number of hydrogen-bond acceptors (Lipinski definition) is 2. The Morgan fingerprint density at radius 1 is 1.15 bits per heavy atom. The van der Waals surface area contributed by atoms with Crippen LogP contribution in [-0.4, -0.2) is 16.1 Å². The van der Waals surface area contributed by atoms with Crippen molar-refractivity contribution in [2.45, 2.75) is 6.42 Å². The van der Waals surface area contributed by atoms with E-state index in [0.29, 0.717) is 5.52 Å². The van der Waals surface area contributed by atoms with Crippen molar-refractivity contribution in [2.75, 3.05) is 11.9 Å². The summed E-state index contributed by atoms with van der Waals surface area (Å²) in [6.07, 6.45) is 0.793. The summed E-state index contributed by atoms with van der Waals surface area (Å²) in [6, 6.07) is 14.8. The monoisotopic (exact) mass is 269 g/mol. The molecule has 0 saturated carbocycles. The average molecular weight is 269 g/mol. The third-order valence-electron chi connectivity index (χ3n) is 3.39. The lowest BCUT2D eigenvalue weighted by Gasteiger charge is -2.06. The zero-order valence-corrected chi connectivity index (χ0v) is 11.3. The number of benzene rings is 2. The molecule has 0 bridgehead atoms. The summed E-state index contributed by atoms with van der Waals surface area (Å²) in [6.45, 7) is 0.795. The van der Waals surface area contributed by atoms with E-state index in [4.69, 9.17) is 0 Å². The number of hydrogen-bond donors (Lipinski definition) is 1. The van der Waals surface area contributed by atoms with Crippen LogP contribution in [0.2, 0.25) is 0 Å². The zero-order valence-electron chi connectivity index (χ0n) is 11.3. The summed E-state index contributed by atoms with van der Waals surface area (Å²) in [4.78, 5) is 4.49. The van der Waals surface area contributed by atoms with Gasteiger partial charge in [-0.15, -0.1) is 0 Å². The van der Waals surface area contributed by atoms with Crippen LogP contribution in [0.4, 0.5) is 10.1 Å². The zero-order chi connectivity index (χ0) is 13.9. The minimum atomic E-state index is -0.246. The van der Waals surface area contributed by atoms with Gasteiger partial charge in [-0.05, 0) is 24.3 Å². The Hall–Kier alpha value is -2.36. The van der Waals surface area contributed by atoms with Gasteiger partial charge in [-0.3, -0.25) is 0 Å². The molecule has 0 radical (unpaired) electrons. The third kappa shape index (κ3) is 2.50. The molecular weight excluding hydrogens is 253 g/mol. The molecule has 3 nitrogen and oxygen atoms in total. The van der Waals surface area contributed by atoms with Gasteiger partial charge in [-0.1, -0.05) is 18.2 Å². The van der Waals surface area contributed by atoms with E-state index in [1.807, 2.05) is 41.9 Å². The van der Waals surface area contributed by atoms with E-state index in [1.165, 1.54) is 12.1 Å². The van der Waals surface area contributed by atoms with Gasteiger partial charge in [0.2, 0.25) is 0 Å².